The number of anilines is 2. The molecule has 1 atom stereocenters. The largest absolute Gasteiger partial charge is 0.497 e. The molecule has 0 aromatic heterocycles. The van der Waals surface area contributed by atoms with E-state index in [4.69, 9.17) is 19.9 Å². The van der Waals surface area contributed by atoms with Gasteiger partial charge in [-0.15, -0.1) is 0 Å². The van der Waals surface area contributed by atoms with Crippen molar-refractivity contribution in [3.05, 3.63) is 76.8 Å². The minimum absolute atomic E-state index is 0.00732. The number of hydrogen-bond acceptors (Lipinski definition) is 9. The van der Waals surface area contributed by atoms with Crippen LogP contribution in [0, 0.1) is 11.3 Å². The molecule has 10 nitrogen and oxygen atoms in total. The van der Waals surface area contributed by atoms with E-state index in [2.05, 4.69) is 11.4 Å². The number of nitriles is 1. The van der Waals surface area contributed by atoms with Gasteiger partial charge in [-0.05, 0) is 24.1 Å². The summed E-state index contributed by atoms with van der Waals surface area (Å²) in [4.78, 5) is 40.2. The number of nitrogens with one attached hydrogen (secondary N) is 1. The van der Waals surface area contributed by atoms with E-state index < -0.39 is 17.9 Å². The minimum Gasteiger partial charge on any atom is -0.497 e. The number of ether oxygens (including phenoxy) is 3. The Kier molecular flexibility index (Phi) is 8.53. The van der Waals surface area contributed by atoms with Gasteiger partial charge in [0.15, 0.2) is 0 Å². The SMILES string of the molecule is CCCC(=O)Nc1ccc(OC)cc1N1C(N)=C(C#N)C(c2ccccc2)C(C(=O)OC)=C1C(=O)OC. The van der Waals surface area contributed by atoms with E-state index in [1.54, 1.807) is 42.5 Å². The van der Waals surface area contributed by atoms with Crippen molar-refractivity contribution in [3.8, 4) is 11.8 Å². The van der Waals surface area contributed by atoms with Gasteiger partial charge in [0.25, 0.3) is 0 Å². The first-order valence-corrected chi connectivity index (χ1v) is 11.5. The van der Waals surface area contributed by atoms with Crippen LogP contribution in [0.3, 0.4) is 0 Å². The van der Waals surface area contributed by atoms with Crippen molar-refractivity contribution in [1.82, 2.24) is 0 Å². The lowest BCUT2D eigenvalue weighted by molar-refractivity contribution is -0.139. The van der Waals surface area contributed by atoms with Crippen LogP contribution in [0.25, 0.3) is 0 Å². The van der Waals surface area contributed by atoms with Gasteiger partial charge in [-0.3, -0.25) is 9.69 Å². The van der Waals surface area contributed by atoms with Crippen LogP contribution >= 0.6 is 0 Å². The Morgan fingerprint density at radius 3 is 2.30 bits per heavy atom. The van der Waals surface area contributed by atoms with Crippen molar-refractivity contribution in [3.63, 3.8) is 0 Å². The number of amides is 1. The Labute approximate surface area is 214 Å². The molecule has 3 N–H and O–H groups in total. The van der Waals surface area contributed by atoms with Gasteiger partial charge in [0, 0.05) is 12.5 Å². The van der Waals surface area contributed by atoms with Crippen LogP contribution < -0.4 is 20.7 Å². The molecule has 0 saturated heterocycles. The summed E-state index contributed by atoms with van der Waals surface area (Å²) in [5.41, 5.74) is 7.21. The molecule has 2 aromatic rings. The highest BCUT2D eigenvalue weighted by atomic mass is 16.5. The second-order valence-electron chi connectivity index (χ2n) is 8.02. The highest BCUT2D eigenvalue weighted by Gasteiger charge is 2.43. The summed E-state index contributed by atoms with van der Waals surface area (Å²) in [7, 11) is 3.79. The zero-order chi connectivity index (χ0) is 27.1. The summed E-state index contributed by atoms with van der Waals surface area (Å²) < 4.78 is 15.5. The number of methoxy groups -OCH3 is 3. The molecule has 0 radical (unpaired) electrons. The molecule has 2 aromatic carbocycles. The van der Waals surface area contributed by atoms with E-state index in [0.29, 0.717) is 17.7 Å². The van der Waals surface area contributed by atoms with Crippen LogP contribution in [0.4, 0.5) is 11.4 Å². The molecular weight excluding hydrogens is 476 g/mol. The zero-order valence-electron chi connectivity index (χ0n) is 21.0. The number of nitrogens with zero attached hydrogens (tertiary/aromatic N) is 2. The van der Waals surface area contributed by atoms with E-state index >= 15 is 0 Å². The first kappa shape index (κ1) is 26.8. The van der Waals surface area contributed by atoms with Crippen molar-refractivity contribution < 1.29 is 28.6 Å². The second kappa shape index (κ2) is 11.8. The number of carbonyl (C=O) groups is 3. The Bertz CT molecular complexity index is 1310. The molecule has 192 valence electrons. The van der Waals surface area contributed by atoms with Crippen molar-refractivity contribution in [1.29, 1.82) is 5.26 Å². The quantitative estimate of drug-likeness (QED) is 0.517. The molecule has 3 rings (SSSR count). The third-order valence-corrected chi connectivity index (χ3v) is 5.81. The Balaban J connectivity index is 2.42. The molecule has 0 bridgehead atoms. The summed E-state index contributed by atoms with van der Waals surface area (Å²) in [6, 6.07) is 15.5. The molecular formula is C27H28N4O6. The second-order valence-corrected chi connectivity index (χ2v) is 8.02. The lowest BCUT2D eigenvalue weighted by atomic mass is 9.81. The summed E-state index contributed by atoms with van der Waals surface area (Å²) in [5.74, 6) is -2.76. The Hall–Kier alpha value is -4.78. The first-order valence-electron chi connectivity index (χ1n) is 11.5. The lowest BCUT2D eigenvalue weighted by Crippen LogP contribution is -2.41. The number of nitrogens with two attached hydrogens (primary N) is 1. The molecule has 37 heavy (non-hydrogen) atoms. The maximum atomic E-state index is 13.3. The van der Waals surface area contributed by atoms with Crippen molar-refractivity contribution >= 4 is 29.2 Å². The summed E-state index contributed by atoms with van der Waals surface area (Å²) >= 11 is 0. The highest BCUT2D eigenvalue weighted by molar-refractivity contribution is 6.07. The van der Waals surface area contributed by atoms with E-state index in [1.807, 2.05) is 6.92 Å². The van der Waals surface area contributed by atoms with E-state index in [9.17, 15) is 19.6 Å². The van der Waals surface area contributed by atoms with Crippen LogP contribution in [0.1, 0.15) is 31.2 Å². The maximum Gasteiger partial charge on any atom is 0.355 e. The van der Waals surface area contributed by atoms with Crippen LogP contribution in [-0.2, 0) is 23.9 Å². The topological polar surface area (TPSA) is 144 Å². The molecule has 0 aliphatic carbocycles. The van der Waals surface area contributed by atoms with Gasteiger partial charge in [0.2, 0.25) is 5.91 Å². The molecule has 1 heterocycles. The monoisotopic (exact) mass is 504 g/mol. The third-order valence-electron chi connectivity index (χ3n) is 5.81. The molecule has 0 fully saturated rings. The van der Waals surface area contributed by atoms with Crippen molar-refractivity contribution in [2.45, 2.75) is 25.7 Å². The third kappa shape index (κ3) is 5.26. The number of hydrogen-bond donors (Lipinski definition) is 2. The minimum atomic E-state index is -1.01. The van der Waals surface area contributed by atoms with Crippen molar-refractivity contribution in [2.75, 3.05) is 31.5 Å². The van der Waals surface area contributed by atoms with Gasteiger partial charge in [-0.2, -0.15) is 5.26 Å². The maximum absolute atomic E-state index is 13.3. The summed E-state index contributed by atoms with van der Waals surface area (Å²) in [6.07, 6.45) is 0.865. The zero-order valence-corrected chi connectivity index (χ0v) is 21.0. The van der Waals surface area contributed by atoms with E-state index in [0.717, 1.165) is 7.11 Å². The van der Waals surface area contributed by atoms with Crippen molar-refractivity contribution in [2.24, 2.45) is 5.73 Å². The average molecular weight is 505 g/mol. The number of esters is 2. The Morgan fingerprint density at radius 2 is 1.73 bits per heavy atom. The first-order chi connectivity index (χ1) is 17.8. The van der Waals surface area contributed by atoms with Crippen LogP contribution in [0.5, 0.6) is 5.75 Å². The molecule has 0 saturated carbocycles. The van der Waals surface area contributed by atoms with Crippen LogP contribution in [-0.4, -0.2) is 39.2 Å². The van der Waals surface area contributed by atoms with Gasteiger partial charge >= 0.3 is 11.9 Å². The van der Waals surface area contributed by atoms with E-state index in [-0.39, 0.29) is 46.4 Å². The van der Waals surface area contributed by atoms with Crippen LogP contribution in [0.15, 0.2) is 71.2 Å². The molecule has 0 spiro atoms. The number of carbonyl (C=O) groups excluding carboxylic acids is 3. The Morgan fingerprint density at radius 1 is 1.05 bits per heavy atom. The van der Waals surface area contributed by atoms with Gasteiger partial charge in [0.05, 0.1) is 55.8 Å². The number of rotatable bonds is 8. The fourth-order valence-corrected chi connectivity index (χ4v) is 4.13. The fraction of sp³-hybridized carbons (Fsp3) is 0.259. The fourth-order valence-electron chi connectivity index (χ4n) is 4.13. The normalized spacial score (nSPS) is 15.1. The standard InChI is InChI=1S/C27H28N4O6/c1-5-9-21(32)30-19-13-12-17(35-2)14-20(19)31-24(27(34)37-4)23(26(33)36-3)22(18(15-28)25(31)29)16-10-7-6-8-11-16/h6-8,10-14,22H,5,9,29H2,1-4H3,(H,30,32). The molecule has 1 unspecified atom stereocenters. The smallest absolute Gasteiger partial charge is 0.355 e. The van der Waals surface area contributed by atoms with Gasteiger partial charge < -0.3 is 25.3 Å². The summed E-state index contributed by atoms with van der Waals surface area (Å²) in [5, 5.41) is 13.0. The number of benzene rings is 2. The van der Waals surface area contributed by atoms with Gasteiger partial charge in [0.1, 0.15) is 17.3 Å². The predicted octanol–water partition coefficient (Wildman–Crippen LogP) is 3.33. The van der Waals surface area contributed by atoms with Gasteiger partial charge in [-0.25, -0.2) is 9.59 Å². The van der Waals surface area contributed by atoms with Gasteiger partial charge in [-0.1, -0.05) is 37.3 Å². The molecule has 10 heteroatoms. The molecule has 1 aliphatic rings. The molecule has 1 amide bonds. The lowest BCUT2D eigenvalue weighted by Gasteiger charge is -2.36. The average Bonchev–Trinajstić information content (AvgIpc) is 2.92. The predicted molar refractivity (Wildman–Crippen MR) is 136 cm³/mol. The number of allylic oxidation sites excluding steroid dienone is 1. The molecule has 1 aliphatic heterocycles. The highest BCUT2D eigenvalue weighted by Crippen LogP contribution is 2.45. The summed E-state index contributed by atoms with van der Waals surface area (Å²) in [6.45, 7) is 1.86. The van der Waals surface area contributed by atoms with Crippen LogP contribution in [0.2, 0.25) is 0 Å². The van der Waals surface area contributed by atoms with E-state index in [1.165, 1.54) is 25.2 Å².